The Balaban J connectivity index is 3.36. The minimum Gasteiger partial charge on any atom is -0.206 e. The molecule has 12 heavy (non-hydrogen) atoms. The molecule has 0 aliphatic rings. The number of nitrogens with zero attached hydrogens (tertiary/aromatic N) is 3. The first-order chi connectivity index (χ1) is 5.65. The van der Waals surface area contributed by atoms with Crippen molar-refractivity contribution in [3.05, 3.63) is 38.4 Å². The molecule has 0 N–H and O–H groups in total. The van der Waals surface area contributed by atoms with Gasteiger partial charge in [0.15, 0.2) is 0 Å². The van der Waals surface area contributed by atoms with Crippen LogP contribution in [0.2, 0.25) is 0 Å². The minimum absolute atomic E-state index is 0.200. The Morgan fingerprint density at radius 1 is 1.58 bits per heavy atom. The van der Waals surface area contributed by atoms with Crippen molar-refractivity contribution in [1.29, 1.82) is 0 Å². The van der Waals surface area contributed by atoms with E-state index in [1.54, 1.807) is 13.0 Å². The summed E-state index contributed by atoms with van der Waals surface area (Å²) in [7, 11) is 0. The second-order valence-electron chi connectivity index (χ2n) is 2.27. The molecule has 0 aromatic heterocycles. The van der Waals surface area contributed by atoms with Gasteiger partial charge in [-0.25, -0.2) is 4.39 Å². The van der Waals surface area contributed by atoms with Gasteiger partial charge in [0, 0.05) is 4.91 Å². The summed E-state index contributed by atoms with van der Waals surface area (Å²) in [4.78, 5) is 2.58. The van der Waals surface area contributed by atoms with Gasteiger partial charge in [-0.15, -0.1) is 0 Å². The van der Waals surface area contributed by atoms with E-state index >= 15 is 0 Å². The molecule has 0 aliphatic heterocycles. The Morgan fingerprint density at radius 3 is 2.83 bits per heavy atom. The lowest BCUT2D eigenvalue weighted by Gasteiger charge is -2.00. The third kappa shape index (κ3) is 1.75. The fourth-order valence-corrected chi connectivity index (χ4v) is 1.14. The van der Waals surface area contributed by atoms with Crippen molar-refractivity contribution in [3.8, 4) is 0 Å². The molecule has 0 unspecified atom stereocenters. The molecule has 0 bridgehead atoms. The highest BCUT2D eigenvalue weighted by atomic mass is 79.9. The van der Waals surface area contributed by atoms with E-state index in [2.05, 4.69) is 26.0 Å². The zero-order valence-electron chi connectivity index (χ0n) is 6.25. The van der Waals surface area contributed by atoms with Crippen LogP contribution in [0.3, 0.4) is 0 Å². The van der Waals surface area contributed by atoms with Crippen LogP contribution in [0.15, 0.2) is 21.7 Å². The average Bonchev–Trinajstić information content (AvgIpc) is 2.00. The van der Waals surface area contributed by atoms with Crippen LogP contribution in [0.25, 0.3) is 10.4 Å². The molecular formula is C7H5BrFN3. The van der Waals surface area contributed by atoms with Gasteiger partial charge in [0.2, 0.25) is 0 Å². The fourth-order valence-electron chi connectivity index (χ4n) is 0.827. The van der Waals surface area contributed by atoms with Gasteiger partial charge in [0.25, 0.3) is 0 Å². The number of azide groups is 1. The first-order valence-corrected chi connectivity index (χ1v) is 3.95. The molecule has 0 fully saturated rings. The van der Waals surface area contributed by atoms with Crippen LogP contribution in [0, 0.1) is 12.7 Å². The Labute approximate surface area is 77.0 Å². The minimum atomic E-state index is -0.419. The number of rotatable bonds is 1. The Hall–Kier alpha value is -1.06. The topological polar surface area (TPSA) is 48.8 Å². The maximum atomic E-state index is 12.9. The third-order valence-corrected chi connectivity index (χ3v) is 2.09. The van der Waals surface area contributed by atoms with Crippen molar-refractivity contribution in [2.75, 3.05) is 0 Å². The molecule has 62 valence electrons. The molecule has 0 saturated heterocycles. The maximum absolute atomic E-state index is 12.9. The van der Waals surface area contributed by atoms with Crippen molar-refractivity contribution in [2.24, 2.45) is 5.11 Å². The van der Waals surface area contributed by atoms with Crippen LogP contribution in [-0.4, -0.2) is 0 Å². The first-order valence-electron chi connectivity index (χ1n) is 3.16. The average molecular weight is 230 g/mol. The summed E-state index contributed by atoms with van der Waals surface area (Å²) in [6, 6.07) is 2.97. The maximum Gasteiger partial charge on any atom is 0.138 e. The monoisotopic (exact) mass is 229 g/mol. The van der Waals surface area contributed by atoms with Gasteiger partial charge in [0.05, 0.1) is 10.2 Å². The Morgan fingerprint density at radius 2 is 2.25 bits per heavy atom. The normalized spacial score (nSPS) is 9.25. The quantitative estimate of drug-likeness (QED) is 0.399. The highest BCUT2D eigenvalue weighted by Gasteiger charge is 2.04. The Kier molecular flexibility index (Phi) is 2.68. The summed E-state index contributed by atoms with van der Waals surface area (Å²) in [6.07, 6.45) is 0. The van der Waals surface area contributed by atoms with Crippen LogP contribution >= 0.6 is 15.9 Å². The van der Waals surface area contributed by atoms with Crippen molar-refractivity contribution in [3.63, 3.8) is 0 Å². The van der Waals surface area contributed by atoms with E-state index in [-0.39, 0.29) is 10.2 Å². The summed E-state index contributed by atoms with van der Waals surface area (Å²) in [5.41, 5.74) is 9.13. The lowest BCUT2D eigenvalue weighted by molar-refractivity contribution is 0.620. The molecule has 0 amide bonds. The molecule has 0 aliphatic carbocycles. The van der Waals surface area contributed by atoms with Crippen LogP contribution in [0.4, 0.5) is 10.1 Å². The van der Waals surface area contributed by atoms with E-state index in [0.29, 0.717) is 0 Å². The van der Waals surface area contributed by atoms with Crippen LogP contribution < -0.4 is 0 Å². The van der Waals surface area contributed by atoms with Gasteiger partial charge >= 0.3 is 0 Å². The molecule has 1 aromatic rings. The molecule has 0 saturated carbocycles. The third-order valence-electron chi connectivity index (χ3n) is 1.31. The van der Waals surface area contributed by atoms with Crippen molar-refractivity contribution in [2.45, 2.75) is 6.92 Å². The second kappa shape index (κ2) is 3.56. The summed E-state index contributed by atoms with van der Waals surface area (Å²) in [6.45, 7) is 1.73. The van der Waals surface area contributed by atoms with Crippen molar-refractivity contribution >= 4 is 21.6 Å². The van der Waals surface area contributed by atoms with Gasteiger partial charge < -0.3 is 0 Å². The molecule has 1 rings (SSSR count). The van der Waals surface area contributed by atoms with E-state index < -0.39 is 5.82 Å². The molecule has 3 nitrogen and oxygen atoms in total. The highest BCUT2D eigenvalue weighted by Crippen LogP contribution is 2.29. The van der Waals surface area contributed by atoms with E-state index in [4.69, 9.17) is 5.53 Å². The van der Waals surface area contributed by atoms with Gasteiger partial charge in [0.1, 0.15) is 5.82 Å². The van der Waals surface area contributed by atoms with Crippen molar-refractivity contribution < 1.29 is 4.39 Å². The van der Waals surface area contributed by atoms with Gasteiger partial charge in [-0.05, 0) is 46.1 Å². The van der Waals surface area contributed by atoms with E-state index in [1.807, 2.05) is 0 Å². The number of hydrogen-bond donors (Lipinski definition) is 0. The predicted octanol–water partition coefficient (Wildman–Crippen LogP) is 3.84. The number of benzene rings is 1. The van der Waals surface area contributed by atoms with Crippen molar-refractivity contribution in [1.82, 2.24) is 0 Å². The smallest absolute Gasteiger partial charge is 0.138 e. The van der Waals surface area contributed by atoms with Crippen LogP contribution in [0.5, 0.6) is 0 Å². The summed E-state index contributed by atoms with van der Waals surface area (Å²) < 4.78 is 13.1. The lowest BCUT2D eigenvalue weighted by atomic mass is 10.2. The Bertz CT molecular complexity index is 358. The lowest BCUT2D eigenvalue weighted by Crippen LogP contribution is -1.80. The first kappa shape index (κ1) is 9.03. The van der Waals surface area contributed by atoms with E-state index in [1.165, 1.54) is 6.07 Å². The highest BCUT2D eigenvalue weighted by molar-refractivity contribution is 9.10. The zero-order chi connectivity index (χ0) is 9.14. The van der Waals surface area contributed by atoms with Gasteiger partial charge in [-0.1, -0.05) is 5.11 Å². The number of aryl methyl sites for hydroxylation is 1. The largest absolute Gasteiger partial charge is 0.206 e. The molecule has 0 atom stereocenters. The fraction of sp³-hybridized carbons (Fsp3) is 0.143. The predicted molar refractivity (Wildman–Crippen MR) is 47.6 cm³/mol. The summed E-state index contributed by atoms with van der Waals surface area (Å²) >= 11 is 2.98. The zero-order valence-corrected chi connectivity index (χ0v) is 7.84. The molecular weight excluding hydrogens is 225 g/mol. The SMILES string of the molecule is Cc1cc(F)c(Br)c(N=[N+]=[N-])c1. The van der Waals surface area contributed by atoms with E-state index in [9.17, 15) is 4.39 Å². The molecule has 0 heterocycles. The van der Waals surface area contributed by atoms with E-state index in [0.717, 1.165) is 5.56 Å². The van der Waals surface area contributed by atoms with Crippen LogP contribution in [-0.2, 0) is 0 Å². The summed E-state index contributed by atoms with van der Waals surface area (Å²) in [5.74, 6) is -0.419. The van der Waals surface area contributed by atoms with Gasteiger partial charge in [-0.3, -0.25) is 0 Å². The molecule has 0 radical (unpaired) electrons. The molecule has 0 spiro atoms. The van der Waals surface area contributed by atoms with Crippen LogP contribution in [0.1, 0.15) is 5.56 Å². The standard InChI is InChI=1S/C7H5BrFN3/c1-4-2-5(9)7(8)6(3-4)11-12-10/h2-3H,1H3. The molecule has 5 heteroatoms. The second-order valence-corrected chi connectivity index (χ2v) is 3.06. The number of halogens is 2. The molecule has 1 aromatic carbocycles. The summed E-state index contributed by atoms with van der Waals surface area (Å²) in [5, 5.41) is 3.32. The number of hydrogen-bond acceptors (Lipinski definition) is 1. The van der Waals surface area contributed by atoms with Gasteiger partial charge in [-0.2, -0.15) is 0 Å².